The molecule has 2 N–H and O–H groups in total. The average Bonchev–Trinajstić information content (AvgIpc) is 3.12. The number of carbonyl (C=O) groups excluding carboxylic acids is 2. The lowest BCUT2D eigenvalue weighted by Crippen LogP contribution is -2.41. The van der Waals surface area contributed by atoms with Gasteiger partial charge in [0.15, 0.2) is 0 Å². The molecule has 0 radical (unpaired) electrons. The van der Waals surface area contributed by atoms with Gasteiger partial charge in [-0.15, -0.1) is 0 Å². The molecule has 0 spiro atoms. The second-order valence-corrected chi connectivity index (χ2v) is 6.94. The lowest BCUT2D eigenvalue weighted by atomic mass is 10.1. The summed E-state index contributed by atoms with van der Waals surface area (Å²) in [4.78, 5) is 45.6. The van der Waals surface area contributed by atoms with Gasteiger partial charge in [0.05, 0.1) is 5.56 Å². The van der Waals surface area contributed by atoms with Gasteiger partial charge in [0, 0.05) is 54.9 Å². The van der Waals surface area contributed by atoms with Crippen LogP contribution < -0.4 is 10.9 Å². The topological polar surface area (TPSA) is 95.2 Å². The third-order valence-corrected chi connectivity index (χ3v) is 4.92. The Hall–Kier alpha value is -3.48. The van der Waals surface area contributed by atoms with E-state index < -0.39 is 0 Å². The monoisotopic (exact) mass is 376 g/mol. The van der Waals surface area contributed by atoms with Crippen LogP contribution in [0.25, 0.3) is 10.9 Å². The standard InChI is InChI=1S/C21H20N4O3/c26-19-6-5-15(23-19)13-25(12-14-7-9-22-10-8-14)21(28)17-11-20(27)24-18-4-2-1-3-16(17)18/h1-4,7-11,15H,5-6,12-13H2,(H,23,26)(H,24,27). The number of hydrogen-bond donors (Lipinski definition) is 2. The molecule has 0 aliphatic carbocycles. The molecule has 4 rings (SSSR count). The van der Waals surface area contributed by atoms with E-state index in [0.717, 1.165) is 5.56 Å². The van der Waals surface area contributed by atoms with Gasteiger partial charge in [-0.1, -0.05) is 18.2 Å². The minimum atomic E-state index is -0.319. The maximum Gasteiger partial charge on any atom is 0.255 e. The Morgan fingerprint density at radius 1 is 1.14 bits per heavy atom. The number of hydrogen-bond acceptors (Lipinski definition) is 4. The lowest BCUT2D eigenvalue weighted by Gasteiger charge is -2.26. The van der Waals surface area contributed by atoms with E-state index >= 15 is 0 Å². The van der Waals surface area contributed by atoms with E-state index in [1.807, 2.05) is 30.3 Å². The molecule has 28 heavy (non-hydrogen) atoms. The van der Waals surface area contributed by atoms with E-state index in [1.165, 1.54) is 6.07 Å². The average molecular weight is 376 g/mol. The van der Waals surface area contributed by atoms with Crippen molar-refractivity contribution in [3.05, 3.63) is 76.3 Å². The van der Waals surface area contributed by atoms with Crippen LogP contribution in [0.3, 0.4) is 0 Å². The maximum atomic E-state index is 13.4. The molecule has 1 fully saturated rings. The first-order valence-corrected chi connectivity index (χ1v) is 9.20. The zero-order valence-corrected chi connectivity index (χ0v) is 15.2. The molecule has 1 atom stereocenters. The number of nitrogens with one attached hydrogen (secondary N) is 2. The number of carbonyl (C=O) groups is 2. The van der Waals surface area contributed by atoms with Crippen LogP contribution in [0.5, 0.6) is 0 Å². The number of nitrogens with zero attached hydrogens (tertiary/aromatic N) is 2. The summed E-state index contributed by atoms with van der Waals surface area (Å²) >= 11 is 0. The fourth-order valence-corrected chi connectivity index (χ4v) is 3.56. The number of para-hydroxylation sites is 1. The number of amides is 2. The summed E-state index contributed by atoms with van der Waals surface area (Å²) in [6.07, 6.45) is 4.51. The molecule has 2 amide bonds. The van der Waals surface area contributed by atoms with Gasteiger partial charge in [-0.2, -0.15) is 0 Å². The minimum absolute atomic E-state index is 0.00270. The zero-order chi connectivity index (χ0) is 19.5. The molecule has 142 valence electrons. The van der Waals surface area contributed by atoms with Gasteiger partial charge in [0.1, 0.15) is 0 Å². The van der Waals surface area contributed by atoms with Gasteiger partial charge in [0.2, 0.25) is 11.5 Å². The molecule has 7 nitrogen and oxygen atoms in total. The van der Waals surface area contributed by atoms with E-state index in [0.29, 0.717) is 42.4 Å². The molecular weight excluding hydrogens is 356 g/mol. The maximum absolute atomic E-state index is 13.4. The SMILES string of the molecule is O=C1CCC(CN(Cc2ccncc2)C(=O)c2cc(=O)[nH]c3ccccc23)N1. The Bertz CT molecular complexity index is 1080. The summed E-state index contributed by atoms with van der Waals surface area (Å²) < 4.78 is 0. The number of aromatic amines is 1. The molecule has 0 saturated carbocycles. The number of aromatic nitrogens is 2. The summed E-state index contributed by atoms with van der Waals surface area (Å²) in [6, 6.07) is 12.2. The third-order valence-electron chi connectivity index (χ3n) is 4.92. The molecule has 3 aromatic rings. The Kier molecular flexibility index (Phi) is 4.89. The molecule has 1 saturated heterocycles. The van der Waals surface area contributed by atoms with Crippen LogP contribution in [-0.2, 0) is 11.3 Å². The van der Waals surface area contributed by atoms with E-state index in [1.54, 1.807) is 23.4 Å². The first-order chi connectivity index (χ1) is 13.6. The van der Waals surface area contributed by atoms with E-state index in [4.69, 9.17) is 0 Å². The van der Waals surface area contributed by atoms with Crippen molar-refractivity contribution in [1.29, 1.82) is 0 Å². The van der Waals surface area contributed by atoms with Crippen molar-refractivity contribution in [1.82, 2.24) is 20.2 Å². The van der Waals surface area contributed by atoms with Crippen molar-refractivity contribution in [3.63, 3.8) is 0 Å². The van der Waals surface area contributed by atoms with Crippen molar-refractivity contribution in [2.75, 3.05) is 6.54 Å². The number of rotatable bonds is 5. The van der Waals surface area contributed by atoms with Crippen LogP contribution in [0.1, 0.15) is 28.8 Å². The number of pyridine rings is 2. The van der Waals surface area contributed by atoms with Crippen molar-refractivity contribution in [2.45, 2.75) is 25.4 Å². The molecule has 7 heteroatoms. The van der Waals surface area contributed by atoms with Crippen LogP contribution >= 0.6 is 0 Å². The molecule has 1 aromatic carbocycles. The van der Waals surface area contributed by atoms with Crippen molar-refractivity contribution < 1.29 is 9.59 Å². The summed E-state index contributed by atoms with van der Waals surface area (Å²) in [5.41, 5.74) is 1.59. The van der Waals surface area contributed by atoms with Crippen LogP contribution in [0.4, 0.5) is 0 Å². The van der Waals surface area contributed by atoms with E-state index in [9.17, 15) is 14.4 Å². The number of fused-ring (bicyclic) bond motifs is 1. The predicted octanol–water partition coefficient (Wildman–Crippen LogP) is 1.84. The van der Waals surface area contributed by atoms with Gasteiger partial charge >= 0.3 is 0 Å². The van der Waals surface area contributed by atoms with Gasteiger partial charge in [-0.25, -0.2) is 0 Å². The zero-order valence-electron chi connectivity index (χ0n) is 15.2. The normalized spacial score (nSPS) is 16.1. The molecule has 0 bridgehead atoms. The Labute approximate surface area is 161 Å². The van der Waals surface area contributed by atoms with Crippen LogP contribution in [0.2, 0.25) is 0 Å². The highest BCUT2D eigenvalue weighted by atomic mass is 16.2. The molecule has 3 heterocycles. The second-order valence-electron chi connectivity index (χ2n) is 6.94. The highest BCUT2D eigenvalue weighted by Gasteiger charge is 2.27. The first kappa shape index (κ1) is 17.9. The molecule has 2 aromatic heterocycles. The summed E-state index contributed by atoms with van der Waals surface area (Å²) in [6.45, 7) is 0.753. The molecule has 1 aliphatic rings. The fraction of sp³-hybridized carbons (Fsp3) is 0.238. The number of benzene rings is 1. The van der Waals surface area contributed by atoms with Gasteiger partial charge in [0.25, 0.3) is 5.91 Å². The summed E-state index contributed by atoms with van der Waals surface area (Å²) in [5, 5.41) is 3.61. The minimum Gasteiger partial charge on any atom is -0.352 e. The molecule has 1 aliphatic heterocycles. The second kappa shape index (κ2) is 7.64. The number of H-pyrrole nitrogens is 1. The summed E-state index contributed by atoms with van der Waals surface area (Å²) in [5.74, 6) is -0.233. The molecule has 1 unspecified atom stereocenters. The first-order valence-electron chi connectivity index (χ1n) is 9.20. The quantitative estimate of drug-likeness (QED) is 0.710. The predicted molar refractivity (Wildman–Crippen MR) is 105 cm³/mol. The van der Waals surface area contributed by atoms with Crippen molar-refractivity contribution >= 4 is 22.7 Å². The summed E-state index contributed by atoms with van der Waals surface area (Å²) in [7, 11) is 0. The largest absolute Gasteiger partial charge is 0.352 e. The van der Waals surface area contributed by atoms with Crippen LogP contribution in [-0.4, -0.2) is 39.3 Å². The highest BCUT2D eigenvalue weighted by molar-refractivity contribution is 6.06. The van der Waals surface area contributed by atoms with Crippen molar-refractivity contribution in [3.8, 4) is 0 Å². The fourth-order valence-electron chi connectivity index (χ4n) is 3.56. The Morgan fingerprint density at radius 3 is 2.68 bits per heavy atom. The van der Waals surface area contributed by atoms with Gasteiger partial charge < -0.3 is 15.2 Å². The van der Waals surface area contributed by atoms with Gasteiger partial charge in [-0.3, -0.25) is 19.4 Å². The third kappa shape index (κ3) is 3.78. The van der Waals surface area contributed by atoms with Crippen LogP contribution in [0.15, 0.2) is 59.7 Å². The van der Waals surface area contributed by atoms with E-state index in [2.05, 4.69) is 15.3 Å². The Balaban J connectivity index is 1.70. The van der Waals surface area contributed by atoms with Crippen LogP contribution in [0, 0.1) is 0 Å². The van der Waals surface area contributed by atoms with E-state index in [-0.39, 0.29) is 23.4 Å². The smallest absolute Gasteiger partial charge is 0.255 e. The highest BCUT2D eigenvalue weighted by Crippen LogP contribution is 2.19. The molecular formula is C21H20N4O3. The van der Waals surface area contributed by atoms with Gasteiger partial charge in [-0.05, 0) is 30.2 Å². The lowest BCUT2D eigenvalue weighted by molar-refractivity contribution is -0.119. The Morgan fingerprint density at radius 2 is 1.93 bits per heavy atom. The van der Waals surface area contributed by atoms with Crippen molar-refractivity contribution in [2.24, 2.45) is 0 Å².